The van der Waals surface area contributed by atoms with Crippen LogP contribution in [0.15, 0.2) is 48.5 Å². The predicted octanol–water partition coefficient (Wildman–Crippen LogP) is 3.40. The van der Waals surface area contributed by atoms with E-state index >= 15 is 0 Å². The fourth-order valence-electron chi connectivity index (χ4n) is 2.62. The lowest BCUT2D eigenvalue weighted by Crippen LogP contribution is -2.41. The van der Waals surface area contributed by atoms with Crippen LogP contribution < -0.4 is 5.32 Å². The van der Waals surface area contributed by atoms with Crippen molar-refractivity contribution in [2.75, 3.05) is 32.0 Å². The second-order valence-corrected chi connectivity index (χ2v) is 6.65. The number of carbonyl (C=O) groups is 2. The van der Waals surface area contributed by atoms with E-state index in [4.69, 9.17) is 11.6 Å². The van der Waals surface area contributed by atoms with E-state index in [0.29, 0.717) is 23.8 Å². The molecule has 144 valence electrons. The van der Waals surface area contributed by atoms with Gasteiger partial charge in [0.1, 0.15) is 5.82 Å². The number of nitrogens with one attached hydrogen (secondary N) is 1. The number of likely N-dealkylation sites (N-methyl/N-ethyl adjacent to an activating group) is 2. The summed E-state index contributed by atoms with van der Waals surface area (Å²) in [6.07, 6.45) is 0. The summed E-state index contributed by atoms with van der Waals surface area (Å²) in [5, 5.41) is 3.18. The smallest absolute Gasteiger partial charge is 0.238 e. The second-order valence-electron chi connectivity index (χ2n) is 6.24. The van der Waals surface area contributed by atoms with E-state index in [-0.39, 0.29) is 30.7 Å². The molecule has 0 aliphatic heterocycles. The highest BCUT2D eigenvalue weighted by molar-refractivity contribution is 6.33. The number of nitrogens with zero attached hydrogens (tertiary/aromatic N) is 2. The van der Waals surface area contributed by atoms with Crippen LogP contribution in [-0.4, -0.2) is 48.3 Å². The van der Waals surface area contributed by atoms with Gasteiger partial charge >= 0.3 is 0 Å². The van der Waals surface area contributed by atoms with Crippen LogP contribution in [0.3, 0.4) is 0 Å². The van der Waals surface area contributed by atoms with Gasteiger partial charge in [0.25, 0.3) is 0 Å². The largest absolute Gasteiger partial charge is 0.338 e. The molecule has 7 heteroatoms. The number of hydrogen-bond acceptors (Lipinski definition) is 3. The summed E-state index contributed by atoms with van der Waals surface area (Å²) in [7, 11) is 1.69. The average Bonchev–Trinajstić information content (AvgIpc) is 2.61. The molecule has 2 rings (SSSR count). The molecule has 0 aliphatic rings. The van der Waals surface area contributed by atoms with Crippen LogP contribution in [0, 0.1) is 5.82 Å². The fraction of sp³-hybridized carbons (Fsp3) is 0.300. The first-order valence-electron chi connectivity index (χ1n) is 8.64. The van der Waals surface area contributed by atoms with Gasteiger partial charge in [0.2, 0.25) is 11.8 Å². The maximum atomic E-state index is 13.3. The summed E-state index contributed by atoms with van der Waals surface area (Å²) in [5.41, 5.74) is 1.26. The van der Waals surface area contributed by atoms with Gasteiger partial charge < -0.3 is 10.2 Å². The highest BCUT2D eigenvalue weighted by atomic mass is 35.5. The van der Waals surface area contributed by atoms with Crippen molar-refractivity contribution in [3.63, 3.8) is 0 Å². The minimum atomic E-state index is -0.329. The number of para-hydroxylation sites is 1. The van der Waals surface area contributed by atoms with Gasteiger partial charge in [-0.2, -0.15) is 0 Å². The minimum absolute atomic E-state index is 0.0501. The second kappa shape index (κ2) is 10.0. The molecule has 0 radical (unpaired) electrons. The fourth-order valence-corrected chi connectivity index (χ4v) is 2.80. The molecule has 0 atom stereocenters. The normalized spacial score (nSPS) is 10.7. The van der Waals surface area contributed by atoms with Crippen molar-refractivity contribution in [3.05, 3.63) is 64.9 Å². The van der Waals surface area contributed by atoms with E-state index in [2.05, 4.69) is 5.32 Å². The zero-order valence-electron chi connectivity index (χ0n) is 15.4. The predicted molar refractivity (Wildman–Crippen MR) is 105 cm³/mol. The van der Waals surface area contributed by atoms with Crippen molar-refractivity contribution in [2.45, 2.75) is 13.5 Å². The van der Waals surface area contributed by atoms with Gasteiger partial charge in [0.05, 0.1) is 23.8 Å². The molecule has 2 aromatic rings. The number of benzene rings is 2. The molecule has 0 saturated heterocycles. The van der Waals surface area contributed by atoms with E-state index in [1.54, 1.807) is 53.2 Å². The number of carbonyl (C=O) groups excluding carboxylic acids is 2. The molecule has 0 heterocycles. The highest BCUT2D eigenvalue weighted by Crippen LogP contribution is 2.20. The molecule has 1 N–H and O–H groups in total. The number of amides is 2. The Morgan fingerprint density at radius 1 is 1.11 bits per heavy atom. The monoisotopic (exact) mass is 391 g/mol. The molecule has 0 aromatic heterocycles. The molecule has 0 fully saturated rings. The van der Waals surface area contributed by atoms with Gasteiger partial charge in [-0.05, 0) is 43.8 Å². The molecular formula is C20H23ClFN3O2. The Hall–Kier alpha value is -2.44. The summed E-state index contributed by atoms with van der Waals surface area (Å²) in [6.45, 7) is 2.82. The standard InChI is InChI=1S/C20H23ClFN3O2/c1-3-25(12-15-7-6-8-16(22)11-15)20(27)14-24(2)13-19(26)23-18-10-5-4-9-17(18)21/h4-11H,3,12-14H2,1-2H3,(H,23,26). The van der Waals surface area contributed by atoms with Crippen molar-refractivity contribution in [1.82, 2.24) is 9.80 Å². The van der Waals surface area contributed by atoms with Crippen LogP contribution in [0.5, 0.6) is 0 Å². The van der Waals surface area contributed by atoms with Crippen LogP contribution in [0.1, 0.15) is 12.5 Å². The lowest BCUT2D eigenvalue weighted by atomic mass is 10.2. The topological polar surface area (TPSA) is 52.7 Å². The van der Waals surface area contributed by atoms with Gasteiger partial charge in [-0.1, -0.05) is 35.9 Å². The number of hydrogen-bond donors (Lipinski definition) is 1. The van der Waals surface area contributed by atoms with Crippen LogP contribution in [0.4, 0.5) is 10.1 Å². The van der Waals surface area contributed by atoms with Crippen LogP contribution in [0.25, 0.3) is 0 Å². The number of halogens is 2. The van der Waals surface area contributed by atoms with E-state index in [1.807, 2.05) is 6.92 Å². The lowest BCUT2D eigenvalue weighted by molar-refractivity contribution is -0.132. The van der Waals surface area contributed by atoms with Gasteiger partial charge in [-0.3, -0.25) is 14.5 Å². The van der Waals surface area contributed by atoms with E-state index in [0.717, 1.165) is 5.56 Å². The SMILES string of the molecule is CCN(Cc1cccc(F)c1)C(=O)CN(C)CC(=O)Nc1ccccc1Cl. The Morgan fingerprint density at radius 2 is 1.85 bits per heavy atom. The zero-order valence-corrected chi connectivity index (χ0v) is 16.2. The van der Waals surface area contributed by atoms with Gasteiger partial charge in [-0.15, -0.1) is 0 Å². The van der Waals surface area contributed by atoms with Crippen molar-refractivity contribution in [2.24, 2.45) is 0 Å². The van der Waals surface area contributed by atoms with Crippen LogP contribution in [-0.2, 0) is 16.1 Å². The summed E-state index contributed by atoms with van der Waals surface area (Å²) in [4.78, 5) is 27.9. The molecule has 0 spiro atoms. The Bertz CT molecular complexity index is 800. The first kappa shape index (κ1) is 20.9. The van der Waals surface area contributed by atoms with Crippen molar-refractivity contribution < 1.29 is 14.0 Å². The Kier molecular flexibility index (Phi) is 7.76. The maximum Gasteiger partial charge on any atom is 0.238 e. The van der Waals surface area contributed by atoms with Crippen molar-refractivity contribution >= 4 is 29.1 Å². The van der Waals surface area contributed by atoms with E-state index in [1.165, 1.54) is 12.1 Å². The third-order valence-electron chi connectivity index (χ3n) is 3.96. The molecular weight excluding hydrogens is 369 g/mol. The molecule has 0 aliphatic carbocycles. The first-order chi connectivity index (χ1) is 12.9. The minimum Gasteiger partial charge on any atom is -0.338 e. The lowest BCUT2D eigenvalue weighted by Gasteiger charge is -2.24. The van der Waals surface area contributed by atoms with Crippen LogP contribution in [0.2, 0.25) is 5.02 Å². The molecule has 27 heavy (non-hydrogen) atoms. The molecule has 2 aromatic carbocycles. The molecule has 2 amide bonds. The van der Waals surface area contributed by atoms with Gasteiger partial charge in [-0.25, -0.2) is 4.39 Å². The Labute approximate surface area is 163 Å². The van der Waals surface area contributed by atoms with Crippen LogP contribution >= 0.6 is 11.6 Å². The first-order valence-corrected chi connectivity index (χ1v) is 9.02. The third kappa shape index (κ3) is 6.66. The third-order valence-corrected chi connectivity index (χ3v) is 4.29. The van der Waals surface area contributed by atoms with Crippen molar-refractivity contribution in [3.8, 4) is 0 Å². The Morgan fingerprint density at radius 3 is 2.52 bits per heavy atom. The Balaban J connectivity index is 1.87. The summed E-state index contributed by atoms with van der Waals surface area (Å²) in [5.74, 6) is -0.717. The molecule has 5 nitrogen and oxygen atoms in total. The maximum absolute atomic E-state index is 13.3. The van der Waals surface area contributed by atoms with Crippen molar-refractivity contribution in [1.29, 1.82) is 0 Å². The highest BCUT2D eigenvalue weighted by Gasteiger charge is 2.17. The summed E-state index contributed by atoms with van der Waals surface area (Å²) >= 11 is 6.02. The summed E-state index contributed by atoms with van der Waals surface area (Å²) < 4.78 is 13.3. The number of anilines is 1. The number of rotatable bonds is 8. The molecule has 0 unspecified atom stereocenters. The van der Waals surface area contributed by atoms with E-state index in [9.17, 15) is 14.0 Å². The quantitative estimate of drug-likeness (QED) is 0.750. The average molecular weight is 392 g/mol. The summed E-state index contributed by atoms with van der Waals surface area (Å²) in [6, 6.07) is 13.1. The molecule has 0 saturated carbocycles. The zero-order chi connectivity index (χ0) is 19.8. The van der Waals surface area contributed by atoms with E-state index < -0.39 is 0 Å². The molecule has 0 bridgehead atoms. The van der Waals surface area contributed by atoms with Gasteiger partial charge in [0, 0.05) is 13.1 Å². The van der Waals surface area contributed by atoms with Gasteiger partial charge in [0.15, 0.2) is 0 Å².